The van der Waals surface area contributed by atoms with E-state index in [1.54, 1.807) is 37.3 Å². The summed E-state index contributed by atoms with van der Waals surface area (Å²) in [5, 5.41) is 2.78. The number of nitrogen functional groups attached to an aromatic ring is 1. The van der Waals surface area contributed by atoms with E-state index in [4.69, 9.17) is 20.6 Å². The molecule has 0 saturated carbocycles. The molecule has 1 fully saturated rings. The molecule has 11 nitrogen and oxygen atoms in total. The summed E-state index contributed by atoms with van der Waals surface area (Å²) in [7, 11) is -2.70. The number of ether oxygens (including phenoxy) is 1. The molecule has 1 aromatic carbocycles. The van der Waals surface area contributed by atoms with Crippen molar-refractivity contribution in [3.05, 3.63) is 76.9 Å². The predicted octanol–water partition coefficient (Wildman–Crippen LogP) is 2.03. The Balaban J connectivity index is 1.47. The number of carbonyl (C=O) groups is 2. The van der Waals surface area contributed by atoms with E-state index in [0.717, 1.165) is 5.56 Å². The van der Waals surface area contributed by atoms with E-state index in [1.807, 2.05) is 4.90 Å². The van der Waals surface area contributed by atoms with Gasteiger partial charge in [0.15, 0.2) is 5.76 Å². The minimum atomic E-state index is -2.70. The molecule has 5 N–H and O–H groups in total. The van der Waals surface area contributed by atoms with E-state index in [9.17, 15) is 13.8 Å². The molecular weight excluding hydrogens is 508 g/mol. The second-order valence-electron chi connectivity index (χ2n) is 8.57. The molecule has 1 aliphatic rings. The lowest BCUT2D eigenvalue weighted by Crippen LogP contribution is -2.41. The van der Waals surface area contributed by atoms with E-state index in [0.29, 0.717) is 36.6 Å². The fraction of sp³-hybridized carbons (Fsp3) is 0.269. The fourth-order valence-electron chi connectivity index (χ4n) is 3.66. The van der Waals surface area contributed by atoms with Crippen LogP contribution in [0.1, 0.15) is 37.6 Å². The Morgan fingerprint density at radius 3 is 2.74 bits per heavy atom. The second kappa shape index (κ2) is 12.0. The third-order valence-electron chi connectivity index (χ3n) is 5.79. The van der Waals surface area contributed by atoms with Gasteiger partial charge < -0.3 is 25.9 Å². The molecule has 2 aromatic heterocycles. The van der Waals surface area contributed by atoms with Crippen molar-refractivity contribution >= 4 is 33.0 Å². The average Bonchev–Trinajstić information content (AvgIpc) is 3.34. The van der Waals surface area contributed by atoms with Gasteiger partial charge in [-0.2, -0.15) is 4.36 Å². The van der Waals surface area contributed by atoms with E-state index in [-0.39, 0.29) is 41.3 Å². The molecule has 38 heavy (non-hydrogen) atoms. The van der Waals surface area contributed by atoms with Crippen LogP contribution < -0.4 is 16.8 Å². The van der Waals surface area contributed by atoms with Crippen LogP contribution in [0.5, 0.6) is 0 Å². The lowest BCUT2D eigenvalue weighted by Gasteiger charge is -2.27. The lowest BCUT2D eigenvalue weighted by molar-refractivity contribution is 0.0371. The van der Waals surface area contributed by atoms with E-state index < -0.39 is 15.6 Å². The summed E-state index contributed by atoms with van der Waals surface area (Å²) < 4.78 is 27.5. The number of hydrogen-bond donors (Lipinski definition) is 3. The quantitative estimate of drug-likeness (QED) is 0.315. The van der Waals surface area contributed by atoms with Crippen molar-refractivity contribution in [1.29, 1.82) is 0 Å². The van der Waals surface area contributed by atoms with Crippen LogP contribution in [0.25, 0.3) is 0 Å². The minimum Gasteiger partial charge on any atom is -0.459 e. The summed E-state index contributed by atoms with van der Waals surface area (Å²) in [4.78, 5) is 31.2. The zero-order valence-corrected chi connectivity index (χ0v) is 21.6. The maximum Gasteiger partial charge on any atom is 0.291 e. The van der Waals surface area contributed by atoms with Gasteiger partial charge in [-0.3, -0.25) is 14.5 Å². The number of nitrogens with zero attached hydrogens (tertiary/aromatic N) is 3. The van der Waals surface area contributed by atoms with Gasteiger partial charge in [0, 0.05) is 47.6 Å². The number of aromatic nitrogens is 1. The molecule has 1 saturated heterocycles. The SMILES string of the molecule is Cc1ccoc1C(=O)Nc1cccc(C#Cc2cc(C(=O)N=S3(=O)CCN(COCN)CC3)cnc2N)c1. The highest BCUT2D eigenvalue weighted by molar-refractivity contribution is 7.94. The number of anilines is 2. The molecule has 12 heteroatoms. The van der Waals surface area contributed by atoms with Gasteiger partial charge >= 0.3 is 0 Å². The molecule has 3 heterocycles. The number of benzene rings is 1. The lowest BCUT2D eigenvalue weighted by atomic mass is 10.1. The summed E-state index contributed by atoms with van der Waals surface area (Å²) in [5.74, 6) is 5.78. The predicted molar refractivity (Wildman–Crippen MR) is 144 cm³/mol. The Bertz CT molecular complexity index is 1520. The third kappa shape index (κ3) is 6.84. The normalized spacial score (nSPS) is 14.8. The maximum absolute atomic E-state index is 13.1. The van der Waals surface area contributed by atoms with Crippen molar-refractivity contribution < 1.29 is 23.0 Å². The Hall–Kier alpha value is -4.02. The largest absolute Gasteiger partial charge is 0.459 e. The summed E-state index contributed by atoms with van der Waals surface area (Å²) in [5.41, 5.74) is 13.7. The number of hydrogen-bond acceptors (Lipinski definition) is 9. The first-order valence-corrected chi connectivity index (χ1v) is 13.6. The molecular formula is C26H28N6O5S. The van der Waals surface area contributed by atoms with Gasteiger partial charge in [0.2, 0.25) is 0 Å². The third-order valence-corrected chi connectivity index (χ3v) is 7.93. The molecule has 0 radical (unpaired) electrons. The Labute approximate surface area is 220 Å². The van der Waals surface area contributed by atoms with Crippen LogP contribution in [0.2, 0.25) is 0 Å². The number of nitrogens with two attached hydrogens (primary N) is 2. The topological polar surface area (TPSA) is 166 Å². The number of furan rings is 1. The molecule has 4 rings (SSSR count). The van der Waals surface area contributed by atoms with Crippen molar-refractivity contribution in [3.63, 3.8) is 0 Å². The molecule has 2 amide bonds. The second-order valence-corrected chi connectivity index (χ2v) is 11.1. The zero-order chi connectivity index (χ0) is 27.1. The number of carbonyl (C=O) groups excluding carboxylic acids is 2. The molecule has 0 atom stereocenters. The van der Waals surface area contributed by atoms with Gasteiger partial charge in [-0.1, -0.05) is 17.9 Å². The highest BCUT2D eigenvalue weighted by atomic mass is 32.2. The summed E-state index contributed by atoms with van der Waals surface area (Å²) in [6, 6.07) is 10.1. The molecule has 0 unspecified atom stereocenters. The van der Waals surface area contributed by atoms with E-state index in [1.165, 1.54) is 18.5 Å². The summed E-state index contributed by atoms with van der Waals surface area (Å²) in [6.07, 6.45) is 2.75. The van der Waals surface area contributed by atoms with Crippen molar-refractivity contribution in [3.8, 4) is 11.8 Å². The van der Waals surface area contributed by atoms with Crippen LogP contribution in [0.4, 0.5) is 11.5 Å². The highest BCUT2D eigenvalue weighted by Gasteiger charge is 2.22. The zero-order valence-electron chi connectivity index (χ0n) is 20.8. The van der Waals surface area contributed by atoms with Crippen LogP contribution in [0, 0.1) is 18.8 Å². The smallest absolute Gasteiger partial charge is 0.291 e. The number of rotatable bonds is 6. The molecule has 198 valence electrons. The highest BCUT2D eigenvalue weighted by Crippen LogP contribution is 2.16. The summed E-state index contributed by atoms with van der Waals surface area (Å²) in [6.45, 7) is 3.23. The number of amides is 2. The fourth-order valence-corrected chi connectivity index (χ4v) is 5.54. The molecule has 3 aromatic rings. The van der Waals surface area contributed by atoms with Gasteiger partial charge in [0.1, 0.15) is 12.5 Å². The molecule has 0 bridgehead atoms. The first kappa shape index (κ1) is 27.0. The summed E-state index contributed by atoms with van der Waals surface area (Å²) >= 11 is 0. The number of aryl methyl sites for hydroxylation is 1. The van der Waals surface area contributed by atoms with Crippen LogP contribution in [0.3, 0.4) is 0 Å². The molecule has 0 aliphatic carbocycles. The van der Waals surface area contributed by atoms with Crippen molar-refractivity contribution in [2.45, 2.75) is 6.92 Å². The van der Waals surface area contributed by atoms with Crippen molar-refractivity contribution in [1.82, 2.24) is 9.88 Å². The minimum absolute atomic E-state index is 0.109. The number of nitrogens with one attached hydrogen (secondary N) is 1. The van der Waals surface area contributed by atoms with E-state index in [2.05, 4.69) is 26.5 Å². The van der Waals surface area contributed by atoms with Gasteiger partial charge in [-0.15, -0.1) is 0 Å². The monoisotopic (exact) mass is 536 g/mol. The van der Waals surface area contributed by atoms with Gasteiger partial charge in [0.25, 0.3) is 11.8 Å². The maximum atomic E-state index is 13.1. The average molecular weight is 537 g/mol. The van der Waals surface area contributed by atoms with Crippen molar-refractivity contribution in [2.75, 3.05) is 49.1 Å². The van der Waals surface area contributed by atoms with Gasteiger partial charge in [-0.25, -0.2) is 9.19 Å². The van der Waals surface area contributed by atoms with Crippen LogP contribution in [-0.2, 0) is 14.5 Å². The van der Waals surface area contributed by atoms with Gasteiger partial charge in [0.05, 0.1) is 33.8 Å². The van der Waals surface area contributed by atoms with Crippen LogP contribution in [0.15, 0.2) is 57.6 Å². The van der Waals surface area contributed by atoms with E-state index >= 15 is 0 Å². The first-order valence-electron chi connectivity index (χ1n) is 11.8. The van der Waals surface area contributed by atoms with Gasteiger partial charge in [-0.05, 0) is 37.3 Å². The van der Waals surface area contributed by atoms with Crippen LogP contribution >= 0.6 is 0 Å². The first-order chi connectivity index (χ1) is 18.3. The Kier molecular flexibility index (Phi) is 8.55. The molecule has 0 spiro atoms. The standard InChI is InChI=1S/C26H28N6O5S/c1-18-7-10-37-23(18)26(34)30-22-4-2-3-19(13-22)5-6-20-14-21(15-29-24(20)28)25(33)31-38(35)11-8-32(9-12-38)17-36-16-27/h2-4,7,10,13-15H,8-9,11-12,16-17,27H2,1H3,(H2,28,29)(H,30,34). The van der Waals surface area contributed by atoms with Crippen molar-refractivity contribution in [2.24, 2.45) is 10.1 Å². The Morgan fingerprint density at radius 2 is 2.03 bits per heavy atom. The van der Waals surface area contributed by atoms with Crippen LogP contribution in [-0.4, -0.2) is 64.0 Å². The number of pyridine rings is 1. The Morgan fingerprint density at radius 1 is 1.24 bits per heavy atom. The molecule has 1 aliphatic heterocycles.